The minimum atomic E-state index is -0.302. The monoisotopic (exact) mass is 274 g/mol. The number of ether oxygens (including phenoxy) is 1. The summed E-state index contributed by atoms with van der Waals surface area (Å²) >= 11 is 0. The largest absolute Gasteiger partial charge is 0.485 e. The Balaban J connectivity index is 2.62. The van der Waals surface area contributed by atoms with Gasteiger partial charge in [0.25, 0.3) is 0 Å². The van der Waals surface area contributed by atoms with Crippen molar-refractivity contribution in [3.8, 4) is 5.75 Å². The number of carbonyl (C=O) groups is 1. The molecule has 4 nitrogen and oxygen atoms in total. The van der Waals surface area contributed by atoms with Crippen molar-refractivity contribution in [3.63, 3.8) is 0 Å². The molecule has 0 N–H and O–H groups in total. The Morgan fingerprint density at radius 1 is 1.25 bits per heavy atom. The minimum absolute atomic E-state index is 0.0165. The van der Waals surface area contributed by atoms with Crippen LogP contribution >= 0.6 is 0 Å². The quantitative estimate of drug-likeness (QED) is 0.804. The standard InChI is InChI=1S/C16H18O4/c1-5-12-10(3)13-6-7-14(19-8-9(2)17)11(4)15(13)20-16(12)18/h6-7H,5,8H2,1-4H3. The second-order valence-electron chi connectivity index (χ2n) is 4.90. The molecule has 2 rings (SSSR count). The lowest BCUT2D eigenvalue weighted by atomic mass is 10.0. The summed E-state index contributed by atoms with van der Waals surface area (Å²) in [5.41, 5.74) is 2.62. The van der Waals surface area contributed by atoms with E-state index >= 15 is 0 Å². The number of rotatable bonds is 4. The van der Waals surface area contributed by atoms with Crippen molar-refractivity contribution < 1.29 is 13.9 Å². The zero-order chi connectivity index (χ0) is 14.9. The van der Waals surface area contributed by atoms with Crippen LogP contribution in [0.25, 0.3) is 11.0 Å². The Kier molecular flexibility index (Phi) is 3.93. The summed E-state index contributed by atoms with van der Waals surface area (Å²) in [6.07, 6.45) is 0.645. The summed E-state index contributed by atoms with van der Waals surface area (Å²) in [5.74, 6) is 0.517. The molecule has 0 saturated carbocycles. The molecule has 106 valence electrons. The Hall–Kier alpha value is -2.10. The Morgan fingerprint density at radius 2 is 1.95 bits per heavy atom. The van der Waals surface area contributed by atoms with E-state index in [2.05, 4.69) is 0 Å². The van der Waals surface area contributed by atoms with Crippen molar-refractivity contribution in [3.05, 3.63) is 39.2 Å². The molecule has 1 heterocycles. The summed E-state index contributed by atoms with van der Waals surface area (Å²) in [7, 11) is 0. The van der Waals surface area contributed by atoms with E-state index in [-0.39, 0.29) is 18.0 Å². The molecule has 0 aliphatic rings. The first-order valence-corrected chi connectivity index (χ1v) is 6.63. The van der Waals surface area contributed by atoms with Gasteiger partial charge < -0.3 is 9.15 Å². The van der Waals surface area contributed by atoms with E-state index in [9.17, 15) is 9.59 Å². The van der Waals surface area contributed by atoms with Crippen molar-refractivity contribution in [2.75, 3.05) is 6.61 Å². The van der Waals surface area contributed by atoms with Gasteiger partial charge in [-0.1, -0.05) is 6.92 Å². The molecule has 0 unspecified atom stereocenters. The van der Waals surface area contributed by atoms with E-state index in [0.29, 0.717) is 23.3 Å². The van der Waals surface area contributed by atoms with Crippen molar-refractivity contribution in [2.45, 2.75) is 34.1 Å². The van der Waals surface area contributed by atoms with Gasteiger partial charge in [0.15, 0.2) is 5.78 Å². The number of benzene rings is 1. The molecule has 0 aliphatic carbocycles. The third kappa shape index (κ3) is 2.46. The SMILES string of the molecule is CCc1c(C)c2ccc(OCC(C)=O)c(C)c2oc1=O. The first-order chi connectivity index (χ1) is 9.45. The van der Waals surface area contributed by atoms with Crippen LogP contribution in [0.3, 0.4) is 0 Å². The summed E-state index contributed by atoms with van der Waals surface area (Å²) in [5, 5.41) is 0.911. The van der Waals surface area contributed by atoms with Gasteiger partial charge in [0.1, 0.15) is 17.9 Å². The van der Waals surface area contributed by atoms with Gasteiger partial charge in [-0.15, -0.1) is 0 Å². The van der Waals surface area contributed by atoms with Gasteiger partial charge in [0.05, 0.1) is 0 Å². The summed E-state index contributed by atoms with van der Waals surface area (Å²) in [6, 6.07) is 3.68. The van der Waals surface area contributed by atoms with Gasteiger partial charge in [-0.25, -0.2) is 4.79 Å². The molecule has 20 heavy (non-hydrogen) atoms. The zero-order valence-electron chi connectivity index (χ0n) is 12.2. The van der Waals surface area contributed by atoms with Crippen LogP contribution < -0.4 is 10.4 Å². The third-order valence-electron chi connectivity index (χ3n) is 3.44. The lowest BCUT2D eigenvalue weighted by molar-refractivity contribution is -0.118. The Labute approximate surface area is 117 Å². The van der Waals surface area contributed by atoms with E-state index < -0.39 is 0 Å². The Morgan fingerprint density at radius 3 is 2.55 bits per heavy atom. The maximum absolute atomic E-state index is 12.0. The van der Waals surface area contributed by atoms with Gasteiger partial charge >= 0.3 is 5.63 Å². The molecule has 0 atom stereocenters. The van der Waals surface area contributed by atoms with Crippen LogP contribution in [0.4, 0.5) is 0 Å². The minimum Gasteiger partial charge on any atom is -0.485 e. The maximum Gasteiger partial charge on any atom is 0.339 e. The van der Waals surface area contributed by atoms with Crippen LogP contribution in [0.2, 0.25) is 0 Å². The molecule has 0 bridgehead atoms. The van der Waals surface area contributed by atoms with Gasteiger partial charge in [0, 0.05) is 16.5 Å². The first kappa shape index (κ1) is 14.3. The predicted molar refractivity (Wildman–Crippen MR) is 77.5 cm³/mol. The number of hydrogen-bond donors (Lipinski definition) is 0. The molecule has 0 spiro atoms. The number of fused-ring (bicyclic) bond motifs is 1. The topological polar surface area (TPSA) is 56.5 Å². The van der Waals surface area contributed by atoms with Gasteiger partial charge in [-0.2, -0.15) is 0 Å². The molecule has 0 aliphatic heterocycles. The van der Waals surface area contributed by atoms with Crippen molar-refractivity contribution in [1.29, 1.82) is 0 Å². The van der Waals surface area contributed by atoms with Crippen LogP contribution in [0.5, 0.6) is 5.75 Å². The van der Waals surface area contributed by atoms with E-state index in [4.69, 9.17) is 9.15 Å². The molecular formula is C16H18O4. The number of carbonyl (C=O) groups excluding carboxylic acids is 1. The normalized spacial score (nSPS) is 10.8. The molecule has 4 heteroatoms. The summed E-state index contributed by atoms with van der Waals surface area (Å²) in [6.45, 7) is 7.17. The average molecular weight is 274 g/mol. The molecule has 0 fully saturated rings. The Bertz CT molecular complexity index is 725. The fourth-order valence-corrected chi connectivity index (χ4v) is 2.32. The zero-order valence-corrected chi connectivity index (χ0v) is 12.2. The number of aryl methyl sites for hydroxylation is 2. The highest BCUT2D eigenvalue weighted by atomic mass is 16.5. The first-order valence-electron chi connectivity index (χ1n) is 6.63. The van der Waals surface area contributed by atoms with E-state index in [1.807, 2.05) is 32.9 Å². The lowest BCUT2D eigenvalue weighted by Gasteiger charge is -2.12. The van der Waals surface area contributed by atoms with Crippen LogP contribution in [-0.2, 0) is 11.2 Å². The highest BCUT2D eigenvalue weighted by Gasteiger charge is 2.14. The van der Waals surface area contributed by atoms with Crippen LogP contribution in [0.15, 0.2) is 21.3 Å². The molecule has 0 amide bonds. The van der Waals surface area contributed by atoms with Crippen molar-refractivity contribution >= 4 is 16.8 Å². The molecular weight excluding hydrogens is 256 g/mol. The van der Waals surface area contributed by atoms with Crippen molar-refractivity contribution in [2.24, 2.45) is 0 Å². The van der Waals surface area contributed by atoms with E-state index in [1.165, 1.54) is 6.92 Å². The van der Waals surface area contributed by atoms with Gasteiger partial charge in [-0.3, -0.25) is 4.79 Å². The van der Waals surface area contributed by atoms with Gasteiger partial charge in [0.2, 0.25) is 0 Å². The molecule has 0 radical (unpaired) electrons. The third-order valence-corrected chi connectivity index (χ3v) is 3.44. The summed E-state index contributed by atoms with van der Waals surface area (Å²) in [4.78, 5) is 22.9. The fraction of sp³-hybridized carbons (Fsp3) is 0.375. The second-order valence-corrected chi connectivity index (χ2v) is 4.90. The fourth-order valence-electron chi connectivity index (χ4n) is 2.32. The molecule has 1 aromatic heterocycles. The second kappa shape index (κ2) is 5.49. The van der Waals surface area contributed by atoms with E-state index in [1.54, 1.807) is 0 Å². The molecule has 1 aromatic carbocycles. The highest BCUT2D eigenvalue weighted by Crippen LogP contribution is 2.29. The van der Waals surface area contributed by atoms with Gasteiger partial charge in [-0.05, 0) is 44.9 Å². The number of hydrogen-bond acceptors (Lipinski definition) is 4. The van der Waals surface area contributed by atoms with Crippen LogP contribution in [-0.4, -0.2) is 12.4 Å². The van der Waals surface area contributed by atoms with Crippen LogP contribution in [0, 0.1) is 13.8 Å². The lowest BCUT2D eigenvalue weighted by Crippen LogP contribution is -2.11. The number of Topliss-reactive ketones (excluding diaryl/α,β-unsaturated/α-hetero) is 1. The number of ketones is 1. The predicted octanol–water partition coefficient (Wildman–Crippen LogP) is 2.94. The smallest absolute Gasteiger partial charge is 0.339 e. The summed E-state index contributed by atoms with van der Waals surface area (Å²) < 4.78 is 10.9. The maximum atomic E-state index is 12.0. The molecule has 0 saturated heterocycles. The van der Waals surface area contributed by atoms with Crippen molar-refractivity contribution in [1.82, 2.24) is 0 Å². The van der Waals surface area contributed by atoms with Crippen LogP contribution in [0.1, 0.15) is 30.5 Å². The average Bonchev–Trinajstić information content (AvgIpc) is 2.39. The van der Waals surface area contributed by atoms with E-state index in [0.717, 1.165) is 16.5 Å². The molecule has 2 aromatic rings. The highest BCUT2D eigenvalue weighted by molar-refractivity contribution is 5.85.